The molecule has 1 aliphatic rings. The number of nitrogens with one attached hydrogen (secondary N) is 2. The van der Waals surface area contributed by atoms with Gasteiger partial charge in [0.05, 0.1) is 12.1 Å². The summed E-state index contributed by atoms with van der Waals surface area (Å²) in [5, 5.41) is 15.4. The van der Waals surface area contributed by atoms with E-state index in [-0.39, 0.29) is 24.4 Å². The van der Waals surface area contributed by atoms with Gasteiger partial charge >= 0.3 is 5.97 Å². The molecule has 1 saturated carbocycles. The fraction of sp³-hybridized carbons (Fsp3) is 0.308. The zero-order chi connectivity index (χ0) is 14.5. The van der Waals surface area contributed by atoms with Crippen molar-refractivity contribution < 1.29 is 19.5 Å². The van der Waals surface area contributed by atoms with Crippen molar-refractivity contribution in [3.05, 3.63) is 28.0 Å². The zero-order valence-corrected chi connectivity index (χ0v) is 11.4. The topological polar surface area (TPSA) is 95.5 Å². The number of thiophene rings is 1. The molecule has 6 nitrogen and oxygen atoms in total. The van der Waals surface area contributed by atoms with Gasteiger partial charge in [-0.3, -0.25) is 9.59 Å². The molecule has 7 heteroatoms. The molecule has 0 aliphatic heterocycles. The van der Waals surface area contributed by atoms with E-state index in [1.165, 1.54) is 17.4 Å². The van der Waals surface area contributed by atoms with Crippen LogP contribution < -0.4 is 10.6 Å². The first kappa shape index (κ1) is 14.3. The molecule has 20 heavy (non-hydrogen) atoms. The van der Waals surface area contributed by atoms with Crippen LogP contribution in [-0.2, 0) is 9.59 Å². The molecule has 1 fully saturated rings. The van der Waals surface area contributed by atoms with Crippen molar-refractivity contribution in [2.45, 2.75) is 18.9 Å². The lowest BCUT2D eigenvalue weighted by molar-refractivity contribution is -0.131. The smallest absolute Gasteiger partial charge is 0.328 e. The van der Waals surface area contributed by atoms with Crippen molar-refractivity contribution in [1.29, 1.82) is 0 Å². The zero-order valence-electron chi connectivity index (χ0n) is 10.6. The molecule has 0 atom stereocenters. The highest BCUT2D eigenvalue weighted by molar-refractivity contribution is 7.11. The molecule has 0 spiro atoms. The molecular weight excluding hydrogens is 280 g/mol. The Labute approximate surface area is 119 Å². The van der Waals surface area contributed by atoms with Crippen molar-refractivity contribution in [3.63, 3.8) is 0 Å². The molecule has 0 unspecified atom stereocenters. The van der Waals surface area contributed by atoms with Gasteiger partial charge < -0.3 is 15.7 Å². The minimum atomic E-state index is -1.04. The van der Waals surface area contributed by atoms with E-state index in [2.05, 4.69) is 10.6 Å². The SMILES string of the molecule is O=C(O)C=Cc1cc(C(=O)NCC(=O)NC2CC2)cs1. The molecule has 106 valence electrons. The molecule has 1 aliphatic carbocycles. The maximum Gasteiger partial charge on any atom is 0.328 e. The second-order valence-corrected chi connectivity index (χ2v) is 5.38. The van der Waals surface area contributed by atoms with Crippen LogP contribution in [0.3, 0.4) is 0 Å². The van der Waals surface area contributed by atoms with E-state index in [0.29, 0.717) is 10.4 Å². The quantitative estimate of drug-likeness (QED) is 0.678. The summed E-state index contributed by atoms with van der Waals surface area (Å²) < 4.78 is 0. The van der Waals surface area contributed by atoms with Gasteiger partial charge in [-0.05, 0) is 25.0 Å². The average molecular weight is 294 g/mol. The first-order chi connectivity index (χ1) is 9.54. The molecular formula is C13H14N2O4S. The van der Waals surface area contributed by atoms with Crippen LogP contribution in [0, 0.1) is 0 Å². The lowest BCUT2D eigenvalue weighted by atomic mass is 10.3. The van der Waals surface area contributed by atoms with Gasteiger partial charge in [-0.1, -0.05) is 0 Å². The maximum absolute atomic E-state index is 11.8. The largest absolute Gasteiger partial charge is 0.478 e. The van der Waals surface area contributed by atoms with Crippen LogP contribution in [0.4, 0.5) is 0 Å². The molecule has 0 radical (unpaired) electrons. The lowest BCUT2D eigenvalue weighted by Gasteiger charge is -2.04. The normalized spacial score (nSPS) is 14.2. The standard InChI is InChI=1S/C13H14N2O4S/c16-11(15-9-1-2-9)6-14-13(19)8-5-10(20-7-8)3-4-12(17)18/h3-5,7,9H,1-2,6H2,(H,14,19)(H,15,16)(H,17,18). The molecule has 1 aromatic heterocycles. The first-order valence-corrected chi connectivity index (χ1v) is 6.99. The third-order valence-electron chi connectivity index (χ3n) is 2.62. The summed E-state index contributed by atoms with van der Waals surface area (Å²) in [4.78, 5) is 34.2. The van der Waals surface area contributed by atoms with E-state index >= 15 is 0 Å². The van der Waals surface area contributed by atoms with Gasteiger partial charge in [0.1, 0.15) is 0 Å². The van der Waals surface area contributed by atoms with E-state index in [4.69, 9.17) is 5.11 Å². The molecule has 2 rings (SSSR count). The van der Waals surface area contributed by atoms with Crippen LogP contribution in [0.2, 0.25) is 0 Å². The number of carbonyl (C=O) groups is 3. The molecule has 0 saturated heterocycles. The summed E-state index contributed by atoms with van der Waals surface area (Å²) in [5.74, 6) is -1.58. The molecule has 0 bridgehead atoms. The third kappa shape index (κ3) is 4.51. The van der Waals surface area contributed by atoms with Gasteiger partial charge in [0, 0.05) is 22.4 Å². The molecule has 0 aromatic carbocycles. The van der Waals surface area contributed by atoms with E-state index in [1.807, 2.05) is 0 Å². The number of hydrogen-bond donors (Lipinski definition) is 3. The Morgan fingerprint density at radius 2 is 2.15 bits per heavy atom. The van der Waals surface area contributed by atoms with E-state index in [1.54, 1.807) is 11.4 Å². The second kappa shape index (κ2) is 6.33. The van der Waals surface area contributed by atoms with Gasteiger partial charge in [-0.2, -0.15) is 0 Å². The van der Waals surface area contributed by atoms with Crippen molar-refractivity contribution in [1.82, 2.24) is 10.6 Å². The van der Waals surface area contributed by atoms with Gasteiger partial charge in [0.15, 0.2) is 0 Å². The number of rotatable bonds is 6. The number of carboxylic acid groups (broad SMARTS) is 1. The minimum Gasteiger partial charge on any atom is -0.478 e. The van der Waals surface area contributed by atoms with Crippen molar-refractivity contribution in [3.8, 4) is 0 Å². The number of carboxylic acids is 1. The van der Waals surface area contributed by atoms with Crippen LogP contribution in [0.25, 0.3) is 6.08 Å². The van der Waals surface area contributed by atoms with Crippen molar-refractivity contribution in [2.75, 3.05) is 6.54 Å². The van der Waals surface area contributed by atoms with Crippen LogP contribution in [0.1, 0.15) is 28.1 Å². The van der Waals surface area contributed by atoms with E-state index in [9.17, 15) is 14.4 Å². The van der Waals surface area contributed by atoms with Crippen LogP contribution >= 0.6 is 11.3 Å². The Morgan fingerprint density at radius 1 is 1.40 bits per heavy atom. The maximum atomic E-state index is 11.8. The number of hydrogen-bond acceptors (Lipinski definition) is 4. The van der Waals surface area contributed by atoms with Gasteiger partial charge in [0.2, 0.25) is 5.91 Å². The highest BCUT2D eigenvalue weighted by Gasteiger charge is 2.23. The summed E-state index contributed by atoms with van der Waals surface area (Å²) in [7, 11) is 0. The monoisotopic (exact) mass is 294 g/mol. The first-order valence-electron chi connectivity index (χ1n) is 6.11. The van der Waals surface area contributed by atoms with Crippen LogP contribution in [-0.4, -0.2) is 35.5 Å². The molecule has 2 amide bonds. The Bertz CT molecular complexity index is 560. The van der Waals surface area contributed by atoms with Crippen molar-refractivity contribution in [2.24, 2.45) is 0 Å². The summed E-state index contributed by atoms with van der Waals surface area (Å²) in [6, 6.07) is 1.85. The van der Waals surface area contributed by atoms with Gasteiger partial charge in [-0.15, -0.1) is 11.3 Å². The average Bonchev–Trinajstić information content (AvgIpc) is 3.07. The lowest BCUT2D eigenvalue weighted by Crippen LogP contribution is -2.37. The van der Waals surface area contributed by atoms with Crippen LogP contribution in [0.15, 0.2) is 17.5 Å². The van der Waals surface area contributed by atoms with Gasteiger partial charge in [0.25, 0.3) is 5.91 Å². The molecule has 1 aromatic rings. The minimum absolute atomic E-state index is 0.0501. The predicted molar refractivity (Wildman–Crippen MR) is 74.5 cm³/mol. The Hall–Kier alpha value is -2.15. The van der Waals surface area contributed by atoms with E-state index in [0.717, 1.165) is 18.9 Å². The molecule has 1 heterocycles. The highest BCUT2D eigenvalue weighted by Crippen LogP contribution is 2.18. The van der Waals surface area contributed by atoms with Crippen molar-refractivity contribution >= 4 is 35.2 Å². The fourth-order valence-corrected chi connectivity index (χ4v) is 2.26. The summed E-state index contributed by atoms with van der Waals surface area (Å²) in [5.41, 5.74) is 0.416. The number of aliphatic carboxylic acids is 1. The second-order valence-electron chi connectivity index (χ2n) is 4.43. The highest BCUT2D eigenvalue weighted by atomic mass is 32.1. The van der Waals surface area contributed by atoms with E-state index < -0.39 is 5.97 Å². The predicted octanol–water partition coefficient (Wildman–Crippen LogP) is 0.854. The van der Waals surface area contributed by atoms with Crippen LogP contribution in [0.5, 0.6) is 0 Å². The summed E-state index contributed by atoms with van der Waals surface area (Å²) >= 11 is 1.26. The molecule has 3 N–H and O–H groups in total. The fourth-order valence-electron chi connectivity index (χ4n) is 1.48. The Morgan fingerprint density at radius 3 is 2.80 bits per heavy atom. The Kier molecular flexibility index (Phi) is 4.52. The Balaban J connectivity index is 1.82. The third-order valence-corrected chi connectivity index (χ3v) is 3.52. The number of carbonyl (C=O) groups excluding carboxylic acids is 2. The van der Waals surface area contributed by atoms with Gasteiger partial charge in [-0.25, -0.2) is 4.79 Å². The summed E-state index contributed by atoms with van der Waals surface area (Å²) in [6.45, 7) is -0.0501. The summed E-state index contributed by atoms with van der Waals surface area (Å²) in [6.07, 6.45) is 4.44. The number of amides is 2.